The first-order valence-electron chi connectivity index (χ1n) is 13.6. The Bertz CT molecular complexity index is 1800. The van der Waals surface area contributed by atoms with Crippen molar-refractivity contribution in [2.45, 2.75) is 55.8 Å². The summed E-state index contributed by atoms with van der Waals surface area (Å²) < 4.78 is 65.3. The smallest absolute Gasteiger partial charge is 0.411 e. The maximum absolute atomic E-state index is 12.7. The molecule has 2 N–H and O–H groups in total. The molecule has 19 heteroatoms. The maximum atomic E-state index is 12.7. The van der Waals surface area contributed by atoms with Gasteiger partial charge in [-0.2, -0.15) is 18.3 Å². The zero-order valence-corrected chi connectivity index (χ0v) is 28.0. The van der Waals surface area contributed by atoms with Crippen LogP contribution in [-0.4, -0.2) is 78.2 Å². The molecule has 0 amide bonds. The number of sulfone groups is 1. The molecule has 0 saturated heterocycles. The highest BCUT2D eigenvalue weighted by atomic mass is 35.5. The molecule has 1 saturated carbocycles. The topological polar surface area (TPSA) is 185 Å². The van der Waals surface area contributed by atoms with Crippen LogP contribution in [0.5, 0.6) is 0 Å². The van der Waals surface area contributed by atoms with Gasteiger partial charge in [0.15, 0.2) is 32.7 Å². The van der Waals surface area contributed by atoms with Gasteiger partial charge in [0.2, 0.25) is 0 Å². The molecule has 0 bridgehead atoms. The van der Waals surface area contributed by atoms with Gasteiger partial charge in [-0.15, -0.1) is 0 Å². The molecule has 2 aromatic rings. The minimum absolute atomic E-state index is 0.0444. The summed E-state index contributed by atoms with van der Waals surface area (Å²) in [6.45, 7) is -1.08. The quantitative estimate of drug-likeness (QED) is 0.246. The number of anilines is 1. The first-order chi connectivity index (χ1) is 22.1. The van der Waals surface area contributed by atoms with Gasteiger partial charge in [0.25, 0.3) is 0 Å². The van der Waals surface area contributed by atoms with Crippen LogP contribution in [0.3, 0.4) is 0 Å². The fourth-order valence-electron chi connectivity index (χ4n) is 4.82. The van der Waals surface area contributed by atoms with Gasteiger partial charge >= 0.3 is 18.1 Å². The van der Waals surface area contributed by atoms with Gasteiger partial charge < -0.3 is 14.9 Å². The molecule has 12 nitrogen and oxygen atoms in total. The second kappa shape index (κ2) is 14.9. The monoisotopic (exact) mass is 756 g/mol. The Morgan fingerprint density at radius 2 is 1.67 bits per heavy atom. The van der Waals surface area contributed by atoms with Gasteiger partial charge in [0.05, 0.1) is 27.2 Å². The van der Waals surface area contributed by atoms with Crippen LogP contribution in [0.4, 0.5) is 18.9 Å². The number of carbonyl (C=O) groups excluding carboxylic acids is 3. The van der Waals surface area contributed by atoms with Gasteiger partial charge in [-0.3, -0.25) is 14.4 Å². The molecule has 260 valence electrons. The molecule has 2 aromatic carbocycles. The van der Waals surface area contributed by atoms with Crippen molar-refractivity contribution in [2.24, 2.45) is 11.0 Å². The summed E-state index contributed by atoms with van der Waals surface area (Å²) in [7, 11) is -3.90. The van der Waals surface area contributed by atoms with Crippen LogP contribution in [0.25, 0.3) is 0 Å². The summed E-state index contributed by atoms with van der Waals surface area (Å²) in [6.07, 6.45) is -3.63. The van der Waals surface area contributed by atoms with Gasteiger partial charge in [0, 0.05) is 41.7 Å². The van der Waals surface area contributed by atoms with Crippen molar-refractivity contribution in [1.82, 2.24) is 0 Å². The molecular weight excluding hydrogens is 732 g/mol. The number of alkyl halides is 3. The number of benzene rings is 2. The lowest BCUT2D eigenvalue weighted by atomic mass is 9.81. The Morgan fingerprint density at radius 1 is 1.06 bits per heavy atom. The predicted molar refractivity (Wildman–Crippen MR) is 167 cm³/mol. The second-order valence-electron chi connectivity index (χ2n) is 10.9. The molecule has 1 fully saturated rings. The highest BCUT2D eigenvalue weighted by Crippen LogP contribution is 2.38. The highest BCUT2D eigenvalue weighted by Gasteiger charge is 2.48. The number of aliphatic carboxylic acids is 2. The number of Topliss-reactive ketones (excluding diaryl/α,β-unsaturated/α-hetero) is 3. The predicted octanol–water partition coefficient (Wildman–Crippen LogP) is 5.43. The number of carboxylic acids is 2. The number of carbonyl (C=O) groups is 5. The molecule has 1 atom stereocenters. The summed E-state index contributed by atoms with van der Waals surface area (Å²) in [5, 5.41) is 23.5. The third-order valence-corrected chi connectivity index (χ3v) is 9.33. The summed E-state index contributed by atoms with van der Waals surface area (Å²) >= 11 is 17.9. The number of nitrogens with zero attached hydrogens (tertiary/aromatic N) is 2. The van der Waals surface area contributed by atoms with E-state index in [0.29, 0.717) is 11.4 Å². The minimum Gasteiger partial charge on any atom is -0.479 e. The lowest BCUT2D eigenvalue weighted by Gasteiger charge is -2.30. The maximum Gasteiger partial charge on any atom is 0.411 e. The Labute approximate surface area is 286 Å². The third-order valence-electron chi connectivity index (χ3n) is 7.18. The van der Waals surface area contributed by atoms with Crippen LogP contribution < -0.4 is 5.01 Å². The van der Waals surface area contributed by atoms with Crippen LogP contribution in [-0.2, 0) is 40.4 Å². The standard InChI is InChI=1S/C17H16ClF3O6S.C12H10Cl2N2O4/c1-28(25,26)13-6-5-9(15(18)10(13)7-27-8-17(19,20)21)16(24)14-11(22)3-2-4-12(14)23;1-12(11(19)20)5-8(10(17)18)15-16(12)9-3-2-6(13)4-7(9)14/h5-6,14H,2-4,7-8H2,1H3;2-4H,5H2,1H3,(H,17,18)(H,19,20). The summed E-state index contributed by atoms with van der Waals surface area (Å²) in [5.74, 6) is -6.04. The lowest BCUT2D eigenvalue weighted by Crippen LogP contribution is -2.47. The van der Waals surface area contributed by atoms with E-state index < -0.39 is 79.9 Å². The number of hydrogen-bond acceptors (Lipinski definition) is 10. The normalized spacial score (nSPS) is 18.7. The first-order valence-corrected chi connectivity index (χ1v) is 16.7. The fraction of sp³-hybridized carbons (Fsp3) is 0.379. The van der Waals surface area contributed by atoms with Crippen LogP contribution >= 0.6 is 34.8 Å². The molecule has 1 aliphatic carbocycles. The molecule has 0 spiro atoms. The average Bonchev–Trinajstić information content (AvgIpc) is 3.31. The van der Waals surface area contributed by atoms with E-state index in [0.717, 1.165) is 23.4 Å². The number of rotatable bonds is 9. The molecule has 1 heterocycles. The van der Waals surface area contributed by atoms with Crippen LogP contribution in [0.15, 0.2) is 40.3 Å². The summed E-state index contributed by atoms with van der Waals surface area (Å²) in [5.41, 5.74) is -2.10. The van der Waals surface area contributed by atoms with E-state index >= 15 is 0 Å². The molecule has 0 aromatic heterocycles. The van der Waals surface area contributed by atoms with Gasteiger partial charge in [-0.05, 0) is 43.7 Å². The molecule has 4 rings (SSSR count). The number of hydrogen-bond donors (Lipinski definition) is 2. The average molecular weight is 758 g/mol. The van der Waals surface area contributed by atoms with Crippen molar-refractivity contribution in [1.29, 1.82) is 0 Å². The highest BCUT2D eigenvalue weighted by molar-refractivity contribution is 7.90. The van der Waals surface area contributed by atoms with Crippen LogP contribution in [0, 0.1) is 5.92 Å². The van der Waals surface area contributed by atoms with Crippen molar-refractivity contribution in [2.75, 3.05) is 17.9 Å². The van der Waals surface area contributed by atoms with E-state index in [2.05, 4.69) is 9.84 Å². The van der Waals surface area contributed by atoms with Crippen molar-refractivity contribution >= 4 is 85.3 Å². The lowest BCUT2D eigenvalue weighted by molar-refractivity contribution is -0.176. The van der Waals surface area contributed by atoms with Crippen LogP contribution in [0.2, 0.25) is 15.1 Å². The molecule has 48 heavy (non-hydrogen) atoms. The second-order valence-corrected chi connectivity index (χ2v) is 14.1. The molecular formula is C29H26Cl3F3N2O10S. The van der Waals surface area contributed by atoms with E-state index in [1.807, 2.05) is 0 Å². The van der Waals surface area contributed by atoms with Crippen molar-refractivity contribution in [3.8, 4) is 0 Å². The van der Waals surface area contributed by atoms with Crippen molar-refractivity contribution in [3.63, 3.8) is 0 Å². The summed E-state index contributed by atoms with van der Waals surface area (Å²) in [4.78, 5) is 58.8. The Morgan fingerprint density at radius 3 is 2.17 bits per heavy atom. The molecule has 2 aliphatic rings. The van der Waals surface area contributed by atoms with Gasteiger partial charge in [0.1, 0.15) is 18.2 Å². The summed E-state index contributed by atoms with van der Waals surface area (Å²) in [6, 6.07) is 6.51. The fourth-order valence-corrected chi connectivity index (χ4v) is 6.60. The van der Waals surface area contributed by atoms with E-state index in [4.69, 9.17) is 39.9 Å². The number of hydrazone groups is 1. The molecule has 1 unspecified atom stereocenters. The van der Waals surface area contributed by atoms with E-state index in [9.17, 15) is 50.7 Å². The Hall–Kier alpha value is -3.57. The van der Waals surface area contributed by atoms with Crippen LogP contribution in [0.1, 0.15) is 48.5 Å². The number of carboxylic acid groups (broad SMARTS) is 2. The SMILES string of the molecule is CC1(C(=O)O)CC(C(=O)O)=NN1c1ccc(Cl)cc1Cl.CS(=O)(=O)c1ccc(C(=O)C2C(=O)CCCC2=O)c(Cl)c1COCC(F)(F)F. The van der Waals surface area contributed by atoms with Crippen molar-refractivity contribution in [3.05, 3.63) is 56.5 Å². The third kappa shape index (κ3) is 8.91. The minimum atomic E-state index is -4.65. The largest absolute Gasteiger partial charge is 0.479 e. The molecule has 0 radical (unpaired) electrons. The molecule has 1 aliphatic heterocycles. The number of halogens is 6. The number of ether oxygens (including phenoxy) is 1. The first kappa shape index (κ1) is 38.9. The number of ketones is 3. The van der Waals surface area contributed by atoms with E-state index in [1.165, 1.54) is 25.1 Å². The van der Waals surface area contributed by atoms with Crippen molar-refractivity contribution < 1.29 is 60.5 Å². The zero-order chi connectivity index (χ0) is 36.4. The Kier molecular flexibility index (Phi) is 12.1. The van der Waals surface area contributed by atoms with E-state index in [1.54, 1.807) is 0 Å². The van der Waals surface area contributed by atoms with Gasteiger partial charge in [-0.1, -0.05) is 34.8 Å². The Balaban J connectivity index is 0.000000275. The van der Waals surface area contributed by atoms with E-state index in [-0.39, 0.29) is 46.8 Å². The van der Waals surface area contributed by atoms with Gasteiger partial charge in [-0.25, -0.2) is 23.0 Å². The zero-order valence-electron chi connectivity index (χ0n) is 24.9.